The number of rotatable bonds is 13. The molecule has 1 atom stereocenters. The SMILES string of the molecule is C=C/C(=C\C(Cl)=C/C(C)Cl)Oc1ccc(SNc2ccc(-c3ccccc3)cc2C(=C)CCC(=O)O)cc1. The molecule has 0 saturated heterocycles. The van der Waals surface area contributed by atoms with Crippen molar-refractivity contribution in [1.29, 1.82) is 0 Å². The van der Waals surface area contributed by atoms with Gasteiger partial charge in [-0.2, -0.15) is 0 Å². The van der Waals surface area contributed by atoms with Crippen LogP contribution < -0.4 is 9.46 Å². The van der Waals surface area contributed by atoms with E-state index in [1.807, 2.05) is 79.7 Å². The van der Waals surface area contributed by atoms with Crippen molar-refractivity contribution in [1.82, 2.24) is 0 Å². The van der Waals surface area contributed by atoms with Gasteiger partial charge >= 0.3 is 5.97 Å². The summed E-state index contributed by atoms with van der Waals surface area (Å²) in [5, 5.41) is 9.41. The largest absolute Gasteiger partial charge is 0.481 e. The van der Waals surface area contributed by atoms with Gasteiger partial charge in [-0.1, -0.05) is 61.2 Å². The summed E-state index contributed by atoms with van der Waals surface area (Å²) in [4.78, 5) is 12.1. The molecule has 0 heterocycles. The molecular formula is C31H29Cl2NO3S. The number of alkyl halides is 1. The molecule has 0 radical (unpaired) electrons. The fourth-order valence-corrected chi connectivity index (χ4v) is 4.66. The zero-order valence-electron chi connectivity index (χ0n) is 21.0. The molecule has 0 fully saturated rings. The molecule has 196 valence electrons. The molecule has 2 N–H and O–H groups in total. The molecule has 0 aromatic heterocycles. The van der Waals surface area contributed by atoms with Crippen molar-refractivity contribution in [2.75, 3.05) is 4.72 Å². The summed E-state index contributed by atoms with van der Waals surface area (Å²) in [6, 6.07) is 23.7. The van der Waals surface area contributed by atoms with Crippen LogP contribution in [0.2, 0.25) is 0 Å². The number of carboxylic acid groups (broad SMARTS) is 1. The van der Waals surface area contributed by atoms with Crippen LogP contribution >= 0.6 is 35.1 Å². The van der Waals surface area contributed by atoms with Crippen LogP contribution in [-0.4, -0.2) is 16.5 Å². The molecule has 0 aliphatic rings. The Balaban J connectivity index is 1.74. The molecule has 1 unspecified atom stereocenters. The molecule has 38 heavy (non-hydrogen) atoms. The smallest absolute Gasteiger partial charge is 0.303 e. The Labute approximate surface area is 238 Å². The van der Waals surface area contributed by atoms with Gasteiger partial charge in [0.25, 0.3) is 0 Å². The topological polar surface area (TPSA) is 58.6 Å². The summed E-state index contributed by atoms with van der Waals surface area (Å²) in [7, 11) is 0. The fourth-order valence-electron chi connectivity index (χ4n) is 3.49. The lowest BCUT2D eigenvalue weighted by Crippen LogP contribution is -1.98. The van der Waals surface area contributed by atoms with Crippen molar-refractivity contribution >= 4 is 52.4 Å². The Hall–Kier alpha value is -3.38. The number of ether oxygens (including phenoxy) is 1. The maximum Gasteiger partial charge on any atom is 0.303 e. The number of anilines is 1. The Kier molecular flexibility index (Phi) is 11.2. The number of aliphatic carboxylic acids is 1. The summed E-state index contributed by atoms with van der Waals surface area (Å²) in [5.74, 6) is 0.293. The van der Waals surface area contributed by atoms with Gasteiger partial charge < -0.3 is 14.6 Å². The first-order valence-corrected chi connectivity index (χ1v) is 13.5. The zero-order chi connectivity index (χ0) is 27.5. The molecule has 0 aliphatic carbocycles. The van der Waals surface area contributed by atoms with E-state index in [4.69, 9.17) is 33.0 Å². The summed E-state index contributed by atoms with van der Waals surface area (Å²) < 4.78 is 9.27. The predicted octanol–water partition coefficient (Wildman–Crippen LogP) is 9.55. The Morgan fingerprint density at radius 2 is 1.79 bits per heavy atom. The Morgan fingerprint density at radius 3 is 2.42 bits per heavy atom. The quantitative estimate of drug-likeness (QED) is 0.0934. The van der Waals surface area contributed by atoms with E-state index in [1.54, 1.807) is 18.2 Å². The molecule has 3 aromatic carbocycles. The van der Waals surface area contributed by atoms with Gasteiger partial charge in [-0.3, -0.25) is 4.79 Å². The molecule has 4 nitrogen and oxygen atoms in total. The number of carbonyl (C=O) groups is 1. The third-order valence-electron chi connectivity index (χ3n) is 5.36. The van der Waals surface area contributed by atoms with E-state index in [1.165, 1.54) is 11.9 Å². The standard InChI is InChI=1S/C31H29Cl2NO3S/c1-4-26(20-25(33)18-22(3)32)37-27-12-14-28(15-13-27)38-34-30-16-11-24(23-8-6-5-7-9-23)19-29(30)21(2)10-17-31(35)36/h4-9,11-16,18-20,22,34H,1-2,10,17H2,3H3,(H,35,36)/b25-18+,26-20+. The molecule has 0 amide bonds. The number of carboxylic acids is 1. The summed E-state index contributed by atoms with van der Waals surface area (Å²) in [6.07, 6.45) is 5.34. The Bertz CT molecular complexity index is 1330. The predicted molar refractivity (Wildman–Crippen MR) is 162 cm³/mol. The summed E-state index contributed by atoms with van der Waals surface area (Å²) >= 11 is 13.6. The molecule has 0 saturated carbocycles. The van der Waals surface area contributed by atoms with E-state index < -0.39 is 5.97 Å². The van der Waals surface area contributed by atoms with Crippen molar-refractivity contribution in [3.05, 3.63) is 121 Å². The van der Waals surface area contributed by atoms with Crippen molar-refractivity contribution < 1.29 is 14.6 Å². The van der Waals surface area contributed by atoms with Crippen LogP contribution in [0, 0.1) is 0 Å². The number of allylic oxidation sites excluding steroid dienone is 5. The second-order valence-electron chi connectivity index (χ2n) is 8.38. The lowest BCUT2D eigenvalue weighted by Gasteiger charge is -2.15. The van der Waals surface area contributed by atoms with E-state index in [-0.39, 0.29) is 11.8 Å². The average molecular weight is 567 g/mol. The first-order chi connectivity index (χ1) is 18.2. The van der Waals surface area contributed by atoms with Crippen molar-refractivity contribution in [3.63, 3.8) is 0 Å². The minimum Gasteiger partial charge on any atom is -0.481 e. The summed E-state index contributed by atoms with van der Waals surface area (Å²) in [5.41, 5.74) is 4.62. The van der Waals surface area contributed by atoms with Crippen LogP contribution in [0.1, 0.15) is 25.3 Å². The Morgan fingerprint density at radius 1 is 1.08 bits per heavy atom. The van der Waals surface area contributed by atoms with Gasteiger partial charge in [-0.25, -0.2) is 0 Å². The highest BCUT2D eigenvalue weighted by atomic mass is 35.5. The van der Waals surface area contributed by atoms with E-state index in [9.17, 15) is 4.79 Å². The minimum atomic E-state index is -0.849. The maximum atomic E-state index is 11.1. The third-order valence-corrected chi connectivity index (χ3v) is 6.55. The van der Waals surface area contributed by atoms with Crippen LogP contribution in [0.4, 0.5) is 5.69 Å². The lowest BCUT2D eigenvalue weighted by molar-refractivity contribution is -0.136. The van der Waals surface area contributed by atoms with Crippen LogP contribution in [0.5, 0.6) is 5.75 Å². The monoisotopic (exact) mass is 565 g/mol. The highest BCUT2D eigenvalue weighted by molar-refractivity contribution is 8.00. The molecule has 3 aromatic rings. The summed E-state index contributed by atoms with van der Waals surface area (Å²) in [6.45, 7) is 9.76. The van der Waals surface area contributed by atoms with Crippen LogP contribution in [0.25, 0.3) is 16.7 Å². The van der Waals surface area contributed by atoms with E-state index >= 15 is 0 Å². The highest BCUT2D eigenvalue weighted by Gasteiger charge is 2.11. The number of nitrogens with one attached hydrogen (secondary N) is 1. The third kappa shape index (κ3) is 9.18. The van der Waals surface area contributed by atoms with Gasteiger partial charge in [0.15, 0.2) is 0 Å². The van der Waals surface area contributed by atoms with Gasteiger partial charge in [0.05, 0.1) is 11.1 Å². The number of benzene rings is 3. The van der Waals surface area contributed by atoms with E-state index in [0.717, 1.165) is 32.8 Å². The maximum absolute atomic E-state index is 11.1. The molecule has 7 heteroatoms. The number of halogens is 2. The van der Waals surface area contributed by atoms with Crippen molar-refractivity contribution in [3.8, 4) is 16.9 Å². The second-order valence-corrected chi connectivity index (χ2v) is 10.4. The normalized spacial score (nSPS) is 12.5. The lowest BCUT2D eigenvalue weighted by atomic mass is 9.96. The van der Waals surface area contributed by atoms with Gasteiger partial charge in [0.2, 0.25) is 0 Å². The molecule has 0 spiro atoms. The van der Waals surface area contributed by atoms with E-state index in [2.05, 4.69) is 17.9 Å². The molecular weight excluding hydrogens is 537 g/mol. The molecule has 3 rings (SSSR count). The van der Waals surface area contributed by atoms with Crippen LogP contribution in [0.15, 0.2) is 120 Å². The number of hydrogen-bond acceptors (Lipinski definition) is 4. The van der Waals surface area contributed by atoms with Gasteiger partial charge in [0.1, 0.15) is 11.5 Å². The molecule has 0 bridgehead atoms. The molecule has 0 aliphatic heterocycles. The number of hydrogen-bond donors (Lipinski definition) is 2. The van der Waals surface area contributed by atoms with E-state index in [0.29, 0.717) is 23.0 Å². The van der Waals surface area contributed by atoms with Crippen LogP contribution in [-0.2, 0) is 4.79 Å². The van der Waals surface area contributed by atoms with Crippen molar-refractivity contribution in [2.45, 2.75) is 30.0 Å². The van der Waals surface area contributed by atoms with Gasteiger partial charge in [-0.05, 0) is 96.6 Å². The van der Waals surface area contributed by atoms with Crippen LogP contribution in [0.3, 0.4) is 0 Å². The van der Waals surface area contributed by atoms with Gasteiger partial charge in [0, 0.05) is 21.9 Å². The first kappa shape index (κ1) is 29.2. The zero-order valence-corrected chi connectivity index (χ0v) is 23.3. The average Bonchev–Trinajstić information content (AvgIpc) is 2.90. The first-order valence-electron chi connectivity index (χ1n) is 11.9. The van der Waals surface area contributed by atoms with Crippen molar-refractivity contribution in [2.24, 2.45) is 0 Å². The van der Waals surface area contributed by atoms with Gasteiger partial charge in [-0.15, -0.1) is 11.6 Å². The minimum absolute atomic E-state index is 0.0233. The fraction of sp³-hybridized carbons (Fsp3) is 0.129. The highest BCUT2D eigenvalue weighted by Crippen LogP contribution is 2.34. The second kappa shape index (κ2) is 14.5.